The van der Waals surface area contributed by atoms with Crippen LogP contribution < -0.4 is 5.32 Å². The summed E-state index contributed by atoms with van der Waals surface area (Å²) in [5.41, 5.74) is 0. The third-order valence-corrected chi connectivity index (χ3v) is 3.51. The van der Waals surface area contributed by atoms with Crippen LogP contribution in [0.1, 0.15) is 31.1 Å². The molecule has 4 nitrogen and oxygen atoms in total. The number of likely N-dealkylation sites (tertiary alicyclic amines) is 1. The molecule has 0 spiro atoms. The summed E-state index contributed by atoms with van der Waals surface area (Å²) in [6.07, 6.45) is 4.92. The van der Waals surface area contributed by atoms with Gasteiger partial charge in [0.05, 0.1) is 6.26 Å². The highest BCUT2D eigenvalue weighted by atomic mass is 16.4. The second-order valence-corrected chi connectivity index (χ2v) is 4.82. The molecule has 0 aliphatic carbocycles. The second-order valence-electron chi connectivity index (χ2n) is 4.82. The van der Waals surface area contributed by atoms with Crippen molar-refractivity contribution in [2.75, 3.05) is 26.7 Å². The van der Waals surface area contributed by atoms with Crippen LogP contribution in [0.25, 0.3) is 0 Å². The SMILES string of the molecule is CN1CCCCC1CNCC(O)c1ccco1. The molecule has 2 N–H and O–H groups in total. The van der Waals surface area contributed by atoms with E-state index < -0.39 is 6.10 Å². The molecule has 96 valence electrons. The number of likely N-dealkylation sites (N-methyl/N-ethyl adjacent to an activating group) is 1. The number of nitrogens with zero attached hydrogens (tertiary/aromatic N) is 1. The van der Waals surface area contributed by atoms with Crippen molar-refractivity contribution in [3.63, 3.8) is 0 Å². The Labute approximate surface area is 103 Å². The Balaban J connectivity index is 1.68. The summed E-state index contributed by atoms with van der Waals surface area (Å²) in [4.78, 5) is 2.40. The normalized spacial score (nSPS) is 23.8. The Morgan fingerprint density at radius 3 is 3.18 bits per heavy atom. The van der Waals surface area contributed by atoms with Crippen LogP contribution in [-0.2, 0) is 0 Å². The molecule has 2 atom stereocenters. The zero-order chi connectivity index (χ0) is 12.1. The van der Waals surface area contributed by atoms with E-state index >= 15 is 0 Å². The zero-order valence-electron chi connectivity index (χ0n) is 10.4. The Hall–Kier alpha value is -0.840. The van der Waals surface area contributed by atoms with E-state index in [1.165, 1.54) is 25.8 Å². The van der Waals surface area contributed by atoms with Crippen molar-refractivity contribution in [2.45, 2.75) is 31.4 Å². The van der Waals surface area contributed by atoms with Gasteiger partial charge in [0.25, 0.3) is 0 Å². The predicted octanol–water partition coefficient (Wildman–Crippen LogP) is 1.39. The maximum Gasteiger partial charge on any atom is 0.133 e. The monoisotopic (exact) mass is 238 g/mol. The van der Waals surface area contributed by atoms with Crippen LogP contribution in [0, 0.1) is 0 Å². The lowest BCUT2D eigenvalue weighted by Crippen LogP contribution is -2.43. The number of hydrogen-bond acceptors (Lipinski definition) is 4. The molecule has 1 aromatic rings. The van der Waals surface area contributed by atoms with E-state index in [-0.39, 0.29) is 0 Å². The van der Waals surface area contributed by atoms with Gasteiger partial charge in [0, 0.05) is 19.1 Å². The predicted molar refractivity (Wildman–Crippen MR) is 66.8 cm³/mol. The average Bonchev–Trinajstić information content (AvgIpc) is 2.85. The first-order valence-corrected chi connectivity index (χ1v) is 6.40. The summed E-state index contributed by atoms with van der Waals surface area (Å²) >= 11 is 0. The molecule has 1 aromatic heterocycles. The molecule has 1 saturated heterocycles. The molecule has 0 aromatic carbocycles. The molecule has 4 heteroatoms. The number of aliphatic hydroxyl groups excluding tert-OH is 1. The van der Waals surface area contributed by atoms with Crippen LogP contribution in [-0.4, -0.2) is 42.7 Å². The maximum absolute atomic E-state index is 9.83. The van der Waals surface area contributed by atoms with Crippen molar-refractivity contribution in [1.82, 2.24) is 10.2 Å². The van der Waals surface area contributed by atoms with Gasteiger partial charge >= 0.3 is 0 Å². The standard InChI is InChI=1S/C13H22N2O2/c1-15-7-3-2-5-11(15)9-14-10-12(16)13-6-4-8-17-13/h4,6,8,11-12,14,16H,2-3,5,7,9-10H2,1H3. The molecule has 0 saturated carbocycles. The van der Waals surface area contributed by atoms with Gasteiger partial charge in [-0.2, -0.15) is 0 Å². The van der Waals surface area contributed by atoms with Crippen molar-refractivity contribution < 1.29 is 9.52 Å². The van der Waals surface area contributed by atoms with Gasteiger partial charge in [0.15, 0.2) is 0 Å². The third kappa shape index (κ3) is 3.56. The highest BCUT2D eigenvalue weighted by Gasteiger charge is 2.19. The highest BCUT2D eigenvalue weighted by molar-refractivity contribution is 5.02. The van der Waals surface area contributed by atoms with E-state index in [2.05, 4.69) is 17.3 Å². The molecule has 0 amide bonds. The van der Waals surface area contributed by atoms with Gasteiger partial charge < -0.3 is 19.7 Å². The maximum atomic E-state index is 9.83. The Kier molecular flexibility index (Phi) is 4.59. The highest BCUT2D eigenvalue weighted by Crippen LogP contribution is 2.15. The molecule has 2 heterocycles. The molecule has 17 heavy (non-hydrogen) atoms. The summed E-state index contributed by atoms with van der Waals surface area (Å²) in [6, 6.07) is 4.21. The van der Waals surface area contributed by atoms with Gasteiger partial charge in [-0.3, -0.25) is 0 Å². The van der Waals surface area contributed by atoms with Crippen molar-refractivity contribution in [2.24, 2.45) is 0 Å². The van der Waals surface area contributed by atoms with Crippen LogP contribution in [0.15, 0.2) is 22.8 Å². The fourth-order valence-corrected chi connectivity index (χ4v) is 2.37. The number of nitrogens with one attached hydrogen (secondary N) is 1. The summed E-state index contributed by atoms with van der Waals surface area (Å²) in [5, 5.41) is 13.2. The number of aliphatic hydroxyl groups is 1. The first-order chi connectivity index (χ1) is 8.27. The molecule has 1 aliphatic heterocycles. The summed E-state index contributed by atoms with van der Waals surface area (Å²) in [5.74, 6) is 0.634. The van der Waals surface area contributed by atoms with E-state index in [9.17, 15) is 5.11 Å². The lowest BCUT2D eigenvalue weighted by molar-refractivity contribution is 0.136. The fourth-order valence-electron chi connectivity index (χ4n) is 2.37. The second kappa shape index (κ2) is 6.19. The minimum Gasteiger partial charge on any atom is -0.467 e. The Morgan fingerprint density at radius 2 is 2.47 bits per heavy atom. The largest absolute Gasteiger partial charge is 0.467 e. The summed E-state index contributed by atoms with van der Waals surface area (Å²) in [7, 11) is 2.18. The van der Waals surface area contributed by atoms with Crippen LogP contribution in [0.4, 0.5) is 0 Å². The van der Waals surface area contributed by atoms with Gasteiger partial charge in [0.1, 0.15) is 11.9 Å². The first kappa shape index (κ1) is 12.6. The number of piperidine rings is 1. The molecular formula is C13H22N2O2. The molecule has 1 fully saturated rings. The third-order valence-electron chi connectivity index (χ3n) is 3.51. The van der Waals surface area contributed by atoms with Gasteiger partial charge in [-0.15, -0.1) is 0 Å². The van der Waals surface area contributed by atoms with Crippen molar-refractivity contribution in [1.29, 1.82) is 0 Å². The van der Waals surface area contributed by atoms with Crippen LogP contribution in [0.5, 0.6) is 0 Å². The van der Waals surface area contributed by atoms with Crippen LogP contribution >= 0.6 is 0 Å². The van der Waals surface area contributed by atoms with Gasteiger partial charge in [0.2, 0.25) is 0 Å². The lowest BCUT2D eigenvalue weighted by Gasteiger charge is -2.32. The summed E-state index contributed by atoms with van der Waals surface area (Å²) in [6.45, 7) is 2.68. The number of furan rings is 1. The van der Waals surface area contributed by atoms with Gasteiger partial charge in [-0.1, -0.05) is 6.42 Å². The van der Waals surface area contributed by atoms with E-state index in [4.69, 9.17) is 4.42 Å². The van der Waals surface area contributed by atoms with Crippen molar-refractivity contribution in [3.8, 4) is 0 Å². The molecule has 2 unspecified atom stereocenters. The minimum absolute atomic E-state index is 0.543. The minimum atomic E-state index is -0.543. The van der Waals surface area contributed by atoms with Gasteiger partial charge in [-0.05, 0) is 38.6 Å². The van der Waals surface area contributed by atoms with Crippen molar-refractivity contribution in [3.05, 3.63) is 24.2 Å². The Bertz CT molecular complexity index is 313. The van der Waals surface area contributed by atoms with E-state index in [1.54, 1.807) is 18.4 Å². The number of rotatable bonds is 5. The fraction of sp³-hybridized carbons (Fsp3) is 0.692. The quantitative estimate of drug-likeness (QED) is 0.814. The molecule has 0 bridgehead atoms. The van der Waals surface area contributed by atoms with Crippen molar-refractivity contribution >= 4 is 0 Å². The molecule has 2 rings (SSSR count). The van der Waals surface area contributed by atoms with E-state index in [0.717, 1.165) is 6.54 Å². The van der Waals surface area contributed by atoms with Gasteiger partial charge in [-0.25, -0.2) is 0 Å². The topological polar surface area (TPSA) is 48.6 Å². The van der Waals surface area contributed by atoms with E-state index in [0.29, 0.717) is 18.3 Å². The number of hydrogen-bond donors (Lipinski definition) is 2. The van der Waals surface area contributed by atoms with Crippen LogP contribution in [0.2, 0.25) is 0 Å². The average molecular weight is 238 g/mol. The summed E-state index contributed by atoms with van der Waals surface area (Å²) < 4.78 is 5.16. The first-order valence-electron chi connectivity index (χ1n) is 6.40. The zero-order valence-corrected chi connectivity index (χ0v) is 10.4. The smallest absolute Gasteiger partial charge is 0.133 e. The molecule has 0 radical (unpaired) electrons. The molecular weight excluding hydrogens is 216 g/mol. The van der Waals surface area contributed by atoms with Crippen LogP contribution in [0.3, 0.4) is 0 Å². The lowest BCUT2D eigenvalue weighted by atomic mass is 10.0. The van der Waals surface area contributed by atoms with E-state index in [1.807, 2.05) is 0 Å². The Morgan fingerprint density at radius 1 is 1.59 bits per heavy atom. The molecule has 1 aliphatic rings.